The van der Waals surface area contributed by atoms with Crippen molar-refractivity contribution in [1.29, 1.82) is 0 Å². The van der Waals surface area contributed by atoms with Gasteiger partial charge in [-0.2, -0.15) is 0 Å². The van der Waals surface area contributed by atoms with Crippen LogP contribution in [0.4, 0.5) is 4.79 Å². The minimum Gasteiger partial charge on any atom is -0.481 e. The zero-order chi connectivity index (χ0) is 15.6. The number of amides is 2. The molecule has 0 aromatic heterocycles. The quantitative estimate of drug-likeness (QED) is 0.835. The zero-order valence-electron chi connectivity index (χ0n) is 13.3. The molecule has 2 aliphatic heterocycles. The van der Waals surface area contributed by atoms with Gasteiger partial charge in [0.05, 0.1) is 5.41 Å². The van der Waals surface area contributed by atoms with Crippen LogP contribution in [0.3, 0.4) is 0 Å². The smallest absolute Gasteiger partial charge is 0.319 e. The number of carboxylic acid groups (broad SMARTS) is 1. The van der Waals surface area contributed by atoms with Crippen LogP contribution in [-0.4, -0.2) is 78.1 Å². The maximum absolute atomic E-state index is 11.9. The third-order valence-corrected chi connectivity index (χ3v) is 4.88. The molecule has 0 radical (unpaired) electrons. The van der Waals surface area contributed by atoms with E-state index in [1.807, 2.05) is 11.8 Å². The zero-order valence-corrected chi connectivity index (χ0v) is 13.3. The van der Waals surface area contributed by atoms with Gasteiger partial charge in [-0.15, -0.1) is 0 Å². The standard InChI is InChI=1S/C15H27N3O3/c1-15(13(19)20)7-4-8-18(11-15)12-5-9-17(10-6-12)14(21)16(2)3/h12H,4-11H2,1-3H3,(H,19,20). The average Bonchev–Trinajstić information content (AvgIpc) is 2.46. The maximum atomic E-state index is 11.9. The number of nitrogens with zero attached hydrogens (tertiary/aromatic N) is 3. The summed E-state index contributed by atoms with van der Waals surface area (Å²) in [5.74, 6) is -0.688. The molecule has 2 saturated heterocycles. The van der Waals surface area contributed by atoms with Crippen LogP contribution < -0.4 is 0 Å². The van der Waals surface area contributed by atoms with Crippen LogP contribution in [0.25, 0.3) is 0 Å². The highest BCUT2D eigenvalue weighted by Gasteiger charge is 2.40. The fraction of sp³-hybridized carbons (Fsp3) is 0.867. The molecule has 0 aromatic carbocycles. The lowest BCUT2D eigenvalue weighted by Crippen LogP contribution is -2.54. The van der Waals surface area contributed by atoms with E-state index < -0.39 is 11.4 Å². The normalized spacial score (nSPS) is 28.4. The molecule has 1 unspecified atom stereocenters. The average molecular weight is 297 g/mol. The van der Waals surface area contributed by atoms with Gasteiger partial charge in [0.1, 0.15) is 0 Å². The third-order valence-electron chi connectivity index (χ3n) is 4.88. The van der Waals surface area contributed by atoms with E-state index in [4.69, 9.17) is 0 Å². The van der Waals surface area contributed by atoms with E-state index in [1.165, 1.54) is 0 Å². The predicted molar refractivity (Wildman–Crippen MR) is 80.2 cm³/mol. The second kappa shape index (κ2) is 6.22. The van der Waals surface area contributed by atoms with Crippen LogP contribution in [0.5, 0.6) is 0 Å². The second-order valence-corrected chi connectivity index (χ2v) is 6.84. The van der Waals surface area contributed by atoms with Crippen molar-refractivity contribution in [2.75, 3.05) is 40.3 Å². The highest BCUT2D eigenvalue weighted by molar-refractivity contribution is 5.74. The van der Waals surface area contributed by atoms with Crippen molar-refractivity contribution in [1.82, 2.24) is 14.7 Å². The molecule has 120 valence electrons. The van der Waals surface area contributed by atoms with Crippen molar-refractivity contribution in [3.63, 3.8) is 0 Å². The number of hydrogen-bond donors (Lipinski definition) is 1. The van der Waals surface area contributed by atoms with Gasteiger partial charge in [-0.05, 0) is 39.2 Å². The van der Waals surface area contributed by atoms with Gasteiger partial charge >= 0.3 is 12.0 Å². The van der Waals surface area contributed by atoms with Gasteiger partial charge < -0.3 is 14.9 Å². The molecule has 0 spiro atoms. The van der Waals surface area contributed by atoms with Gasteiger partial charge in [0.25, 0.3) is 0 Å². The summed E-state index contributed by atoms with van der Waals surface area (Å²) in [6.07, 6.45) is 3.58. The maximum Gasteiger partial charge on any atom is 0.319 e. The van der Waals surface area contributed by atoms with Crippen molar-refractivity contribution < 1.29 is 14.7 Å². The first kappa shape index (κ1) is 16.1. The summed E-state index contributed by atoms with van der Waals surface area (Å²) in [6.45, 7) is 5.00. The number of hydrogen-bond acceptors (Lipinski definition) is 3. The molecule has 21 heavy (non-hydrogen) atoms. The molecule has 0 saturated carbocycles. The van der Waals surface area contributed by atoms with E-state index in [9.17, 15) is 14.7 Å². The lowest BCUT2D eigenvalue weighted by atomic mass is 9.81. The predicted octanol–water partition coefficient (Wildman–Crippen LogP) is 1.32. The number of carbonyl (C=O) groups is 2. The molecule has 0 aliphatic carbocycles. The Morgan fingerprint density at radius 1 is 1.19 bits per heavy atom. The highest BCUT2D eigenvalue weighted by atomic mass is 16.4. The molecular formula is C15H27N3O3. The lowest BCUT2D eigenvalue weighted by molar-refractivity contribution is -0.152. The van der Waals surface area contributed by atoms with E-state index in [0.717, 1.165) is 45.3 Å². The fourth-order valence-electron chi connectivity index (χ4n) is 3.47. The summed E-state index contributed by atoms with van der Waals surface area (Å²) in [4.78, 5) is 29.2. The van der Waals surface area contributed by atoms with Crippen LogP contribution in [0.15, 0.2) is 0 Å². The number of aliphatic carboxylic acids is 1. The molecule has 2 aliphatic rings. The van der Waals surface area contributed by atoms with Gasteiger partial charge in [0, 0.05) is 39.8 Å². The first-order valence-electron chi connectivity index (χ1n) is 7.77. The largest absolute Gasteiger partial charge is 0.481 e. The third kappa shape index (κ3) is 3.48. The molecule has 0 bridgehead atoms. The Balaban J connectivity index is 1.90. The Morgan fingerprint density at radius 2 is 1.81 bits per heavy atom. The Kier molecular flexibility index (Phi) is 4.76. The molecule has 6 nitrogen and oxygen atoms in total. The van der Waals surface area contributed by atoms with Crippen LogP contribution >= 0.6 is 0 Å². The molecule has 2 heterocycles. The highest BCUT2D eigenvalue weighted by Crippen LogP contribution is 2.32. The van der Waals surface area contributed by atoms with E-state index in [2.05, 4.69) is 4.90 Å². The summed E-state index contributed by atoms with van der Waals surface area (Å²) in [6, 6.07) is 0.484. The van der Waals surface area contributed by atoms with E-state index in [-0.39, 0.29) is 6.03 Å². The van der Waals surface area contributed by atoms with Crippen LogP contribution in [-0.2, 0) is 4.79 Å². The van der Waals surface area contributed by atoms with Crippen molar-refractivity contribution in [2.24, 2.45) is 5.41 Å². The number of carboxylic acids is 1. The number of likely N-dealkylation sites (tertiary alicyclic amines) is 2. The Labute approximate surface area is 126 Å². The first-order chi connectivity index (χ1) is 9.83. The van der Waals surface area contributed by atoms with E-state index >= 15 is 0 Å². The van der Waals surface area contributed by atoms with Gasteiger partial charge in [-0.1, -0.05) is 0 Å². The lowest BCUT2D eigenvalue weighted by Gasteiger charge is -2.44. The van der Waals surface area contributed by atoms with Gasteiger partial charge in [-0.25, -0.2) is 4.79 Å². The summed E-state index contributed by atoms with van der Waals surface area (Å²) in [5.41, 5.74) is -0.616. The monoisotopic (exact) mass is 297 g/mol. The van der Waals surface area contributed by atoms with Gasteiger partial charge in [0.15, 0.2) is 0 Å². The molecule has 2 amide bonds. The van der Waals surface area contributed by atoms with E-state index in [1.54, 1.807) is 19.0 Å². The van der Waals surface area contributed by atoms with E-state index in [0.29, 0.717) is 12.6 Å². The number of rotatable bonds is 2. The number of piperidine rings is 2. The van der Waals surface area contributed by atoms with Crippen LogP contribution in [0, 0.1) is 5.41 Å². The second-order valence-electron chi connectivity index (χ2n) is 6.84. The van der Waals surface area contributed by atoms with Crippen LogP contribution in [0.2, 0.25) is 0 Å². The Bertz CT molecular complexity index is 405. The molecule has 2 rings (SSSR count). The topological polar surface area (TPSA) is 64.1 Å². The summed E-state index contributed by atoms with van der Waals surface area (Å²) in [7, 11) is 3.55. The molecule has 0 aromatic rings. The SMILES string of the molecule is CN(C)C(=O)N1CCC(N2CCCC(C)(C(=O)O)C2)CC1. The van der Waals surface area contributed by atoms with Crippen molar-refractivity contribution in [2.45, 2.75) is 38.6 Å². The van der Waals surface area contributed by atoms with Crippen molar-refractivity contribution in [3.05, 3.63) is 0 Å². The fourth-order valence-corrected chi connectivity index (χ4v) is 3.47. The first-order valence-corrected chi connectivity index (χ1v) is 7.77. The molecule has 6 heteroatoms. The Morgan fingerprint density at radius 3 is 2.33 bits per heavy atom. The Hall–Kier alpha value is -1.30. The minimum absolute atomic E-state index is 0.0717. The van der Waals surface area contributed by atoms with Gasteiger partial charge in [-0.3, -0.25) is 9.69 Å². The summed E-state index contributed by atoms with van der Waals surface area (Å²) in [5, 5.41) is 9.40. The van der Waals surface area contributed by atoms with Crippen molar-refractivity contribution in [3.8, 4) is 0 Å². The molecule has 1 N–H and O–H groups in total. The number of carbonyl (C=O) groups excluding carboxylic acids is 1. The minimum atomic E-state index is -0.688. The molecule has 2 fully saturated rings. The van der Waals surface area contributed by atoms with Crippen molar-refractivity contribution >= 4 is 12.0 Å². The number of urea groups is 1. The van der Waals surface area contributed by atoms with Gasteiger partial charge in [0.2, 0.25) is 0 Å². The molecular weight excluding hydrogens is 270 g/mol. The molecule has 1 atom stereocenters. The summed E-state index contributed by atoms with van der Waals surface area (Å²) >= 11 is 0. The van der Waals surface area contributed by atoms with Crippen LogP contribution in [0.1, 0.15) is 32.6 Å². The summed E-state index contributed by atoms with van der Waals surface area (Å²) < 4.78 is 0.